The highest BCUT2D eigenvalue weighted by molar-refractivity contribution is 6.21. The van der Waals surface area contributed by atoms with E-state index in [9.17, 15) is 18.0 Å². The summed E-state index contributed by atoms with van der Waals surface area (Å²) in [7, 11) is 0. The summed E-state index contributed by atoms with van der Waals surface area (Å²) in [6, 6.07) is 11.8. The second-order valence-corrected chi connectivity index (χ2v) is 6.37. The number of hydrogen-bond acceptors (Lipinski definition) is 2. The molecule has 2 aromatic rings. The number of carbonyl (C=O) groups excluding carboxylic acids is 1. The molecule has 0 unspecified atom stereocenters. The van der Waals surface area contributed by atoms with Crippen LogP contribution in [0, 0.1) is 0 Å². The first-order chi connectivity index (χ1) is 12.2. The fourth-order valence-corrected chi connectivity index (χ4v) is 2.62. The number of hydrogen-bond donors (Lipinski definition) is 1. The van der Waals surface area contributed by atoms with Crippen LogP contribution >= 0.6 is 11.8 Å². The zero-order chi connectivity index (χ0) is 19.3. The lowest BCUT2D eigenvalue weighted by Crippen LogP contribution is -2.39. The van der Waals surface area contributed by atoms with E-state index in [1.54, 1.807) is 0 Å². The highest BCUT2D eigenvalue weighted by atomic mass is 35.5. The first-order valence-corrected chi connectivity index (χ1v) is 8.55. The van der Waals surface area contributed by atoms with Crippen molar-refractivity contribution >= 4 is 17.7 Å². The second-order valence-electron chi connectivity index (χ2n) is 5.96. The quantitative estimate of drug-likeness (QED) is 0.738. The lowest BCUT2D eigenvalue weighted by Gasteiger charge is -2.17. The van der Waals surface area contributed by atoms with Crippen LogP contribution in [0.4, 0.5) is 13.2 Å². The van der Waals surface area contributed by atoms with Gasteiger partial charge in [-0.3, -0.25) is 9.21 Å². The van der Waals surface area contributed by atoms with Crippen LogP contribution in [-0.2, 0) is 17.4 Å². The Balaban J connectivity index is 1.99. The summed E-state index contributed by atoms with van der Waals surface area (Å²) in [4.78, 5) is 11.8. The molecule has 0 heterocycles. The van der Waals surface area contributed by atoms with Gasteiger partial charge in [-0.1, -0.05) is 43.3 Å². The topological polar surface area (TPSA) is 46.3 Å². The lowest BCUT2D eigenvalue weighted by molar-refractivity contribution is -0.137. The van der Waals surface area contributed by atoms with Gasteiger partial charge >= 0.3 is 6.18 Å². The zero-order valence-corrected chi connectivity index (χ0v) is 15.0. The van der Waals surface area contributed by atoms with Crippen molar-refractivity contribution in [3.63, 3.8) is 0 Å². The normalized spacial score (nSPS) is 12.7. The molecule has 0 radical (unpaired) electrons. The fraction of sp³-hybridized carbons (Fsp3) is 0.316. The van der Waals surface area contributed by atoms with Crippen LogP contribution < -0.4 is 5.73 Å². The molecule has 0 aromatic heterocycles. The second kappa shape index (κ2) is 8.56. The predicted octanol–water partition coefficient (Wildman–Crippen LogP) is 4.63. The molecule has 0 aliphatic carbocycles. The Morgan fingerprint density at radius 1 is 1.08 bits per heavy atom. The SMILES string of the molecule is CC[C@H](N)C(=O)N(Cl)CCc1ccc(-c2ccc(C(F)(F)F)cc2)cc1. The molecule has 0 aliphatic heterocycles. The van der Waals surface area contributed by atoms with Gasteiger partial charge in [0.1, 0.15) is 0 Å². The monoisotopic (exact) mass is 384 g/mol. The minimum absolute atomic E-state index is 0.310. The number of amides is 1. The molecule has 0 fully saturated rings. The highest BCUT2D eigenvalue weighted by Gasteiger charge is 2.29. The van der Waals surface area contributed by atoms with Crippen molar-refractivity contribution in [3.8, 4) is 11.1 Å². The van der Waals surface area contributed by atoms with Gasteiger partial charge in [0.2, 0.25) is 0 Å². The van der Waals surface area contributed by atoms with Crippen LogP contribution in [-0.4, -0.2) is 22.9 Å². The number of halogens is 4. The molecule has 2 aromatic carbocycles. The Hall–Kier alpha value is -2.05. The smallest absolute Gasteiger partial charge is 0.320 e. The maximum atomic E-state index is 12.6. The Morgan fingerprint density at radius 3 is 2.04 bits per heavy atom. The van der Waals surface area contributed by atoms with Crippen molar-refractivity contribution in [1.29, 1.82) is 0 Å². The van der Waals surface area contributed by atoms with Crippen molar-refractivity contribution < 1.29 is 18.0 Å². The molecule has 3 nitrogen and oxygen atoms in total. The van der Waals surface area contributed by atoms with Gasteiger partial charge in [-0.2, -0.15) is 13.2 Å². The van der Waals surface area contributed by atoms with E-state index < -0.39 is 17.8 Å². The van der Waals surface area contributed by atoms with Crippen LogP contribution in [0.5, 0.6) is 0 Å². The number of rotatable bonds is 6. The Bertz CT molecular complexity index is 730. The Morgan fingerprint density at radius 2 is 1.58 bits per heavy atom. The third-order valence-electron chi connectivity index (χ3n) is 4.09. The van der Waals surface area contributed by atoms with Crippen LogP contribution in [0.3, 0.4) is 0 Å². The van der Waals surface area contributed by atoms with Gasteiger partial charge < -0.3 is 5.73 Å². The molecule has 2 N–H and O–H groups in total. The third-order valence-corrected chi connectivity index (χ3v) is 4.43. The molecular weight excluding hydrogens is 365 g/mol. The number of nitrogens with two attached hydrogens (primary N) is 1. The molecule has 140 valence electrons. The van der Waals surface area contributed by atoms with E-state index in [0.29, 0.717) is 24.9 Å². The summed E-state index contributed by atoms with van der Waals surface area (Å²) in [6.45, 7) is 2.14. The summed E-state index contributed by atoms with van der Waals surface area (Å²) in [5.74, 6) is -0.310. The third kappa shape index (κ3) is 5.22. The molecule has 26 heavy (non-hydrogen) atoms. The molecule has 1 atom stereocenters. The van der Waals surface area contributed by atoms with E-state index in [-0.39, 0.29) is 5.91 Å². The maximum Gasteiger partial charge on any atom is 0.416 e. The van der Waals surface area contributed by atoms with E-state index in [2.05, 4.69) is 0 Å². The summed E-state index contributed by atoms with van der Waals surface area (Å²) in [6.07, 6.45) is -3.27. The predicted molar refractivity (Wildman–Crippen MR) is 96.4 cm³/mol. The van der Waals surface area contributed by atoms with Crippen molar-refractivity contribution in [2.75, 3.05) is 6.54 Å². The molecule has 1 amide bonds. The van der Waals surface area contributed by atoms with E-state index in [1.165, 1.54) is 12.1 Å². The largest absolute Gasteiger partial charge is 0.416 e. The average Bonchev–Trinajstić information content (AvgIpc) is 2.64. The van der Waals surface area contributed by atoms with Gasteiger partial charge in [-0.05, 0) is 41.7 Å². The molecule has 2 rings (SSSR count). The van der Waals surface area contributed by atoms with E-state index in [0.717, 1.165) is 27.7 Å². The van der Waals surface area contributed by atoms with E-state index in [4.69, 9.17) is 17.5 Å². The Labute approximate surface area is 155 Å². The van der Waals surface area contributed by atoms with Gasteiger partial charge in [0.15, 0.2) is 0 Å². The minimum Gasteiger partial charge on any atom is -0.320 e. The van der Waals surface area contributed by atoms with Gasteiger partial charge in [0, 0.05) is 18.3 Å². The van der Waals surface area contributed by atoms with Gasteiger partial charge in [-0.15, -0.1) is 0 Å². The molecule has 0 spiro atoms. The van der Waals surface area contributed by atoms with Gasteiger partial charge in [0.25, 0.3) is 5.91 Å². The average molecular weight is 385 g/mol. The van der Waals surface area contributed by atoms with E-state index in [1.807, 2.05) is 31.2 Å². The number of alkyl halides is 3. The summed E-state index contributed by atoms with van der Waals surface area (Å²) >= 11 is 5.95. The number of nitrogens with zero attached hydrogens (tertiary/aromatic N) is 1. The molecule has 7 heteroatoms. The minimum atomic E-state index is -4.34. The number of carbonyl (C=O) groups is 1. The van der Waals surface area contributed by atoms with Crippen LogP contribution in [0.1, 0.15) is 24.5 Å². The van der Waals surface area contributed by atoms with Crippen molar-refractivity contribution in [1.82, 2.24) is 4.42 Å². The van der Waals surface area contributed by atoms with E-state index >= 15 is 0 Å². The molecular formula is C19H20ClF3N2O. The fourth-order valence-electron chi connectivity index (χ4n) is 2.41. The van der Waals surface area contributed by atoms with Crippen molar-refractivity contribution in [2.24, 2.45) is 5.73 Å². The first kappa shape index (κ1) is 20.3. The standard InChI is InChI=1S/C19H20ClF3N2O/c1-2-17(24)18(26)25(20)12-11-13-3-5-14(6-4-13)15-7-9-16(10-8-15)19(21,22)23/h3-10,17H,2,11-12,24H2,1H3/t17-/m0/s1. The summed E-state index contributed by atoms with van der Waals surface area (Å²) in [5, 5.41) is 0. The highest BCUT2D eigenvalue weighted by Crippen LogP contribution is 2.31. The van der Waals surface area contributed by atoms with Crippen LogP contribution in [0.25, 0.3) is 11.1 Å². The Kier molecular flexibility index (Phi) is 6.67. The lowest BCUT2D eigenvalue weighted by atomic mass is 10.0. The van der Waals surface area contributed by atoms with Crippen LogP contribution in [0.2, 0.25) is 0 Å². The van der Waals surface area contributed by atoms with Crippen molar-refractivity contribution in [2.45, 2.75) is 32.0 Å². The summed E-state index contributed by atoms with van der Waals surface area (Å²) < 4.78 is 38.9. The van der Waals surface area contributed by atoms with Crippen LogP contribution in [0.15, 0.2) is 48.5 Å². The number of benzene rings is 2. The van der Waals surface area contributed by atoms with Gasteiger partial charge in [0.05, 0.1) is 11.6 Å². The summed E-state index contributed by atoms with van der Waals surface area (Å²) in [5.41, 5.74) is 7.47. The molecule has 0 saturated heterocycles. The molecule has 0 bridgehead atoms. The first-order valence-electron chi connectivity index (χ1n) is 8.21. The zero-order valence-electron chi connectivity index (χ0n) is 14.3. The van der Waals surface area contributed by atoms with Gasteiger partial charge in [-0.25, -0.2) is 0 Å². The molecule has 0 saturated carbocycles. The van der Waals surface area contributed by atoms with Crippen molar-refractivity contribution in [3.05, 3.63) is 59.7 Å². The molecule has 0 aliphatic rings. The maximum absolute atomic E-state index is 12.6.